The number of halogens is 3. The van der Waals surface area contributed by atoms with E-state index in [1.54, 1.807) is 12.1 Å². The second-order valence-corrected chi connectivity index (χ2v) is 9.68. The van der Waals surface area contributed by atoms with Crippen molar-refractivity contribution in [2.75, 3.05) is 20.6 Å². The number of nitrogens with zero attached hydrogens (tertiary/aromatic N) is 3. The Morgan fingerprint density at radius 2 is 1.91 bits per heavy atom. The lowest BCUT2D eigenvalue weighted by atomic mass is 9.78. The van der Waals surface area contributed by atoms with Crippen LogP contribution in [0, 0.1) is 5.41 Å². The first-order valence-electron chi connectivity index (χ1n) is 11.1. The molecule has 1 aliphatic rings. The lowest BCUT2D eigenvalue weighted by Crippen LogP contribution is -2.43. The largest absolute Gasteiger partial charge is 0.366 e. The molecule has 184 valence electrons. The molecule has 1 unspecified atom stereocenters. The van der Waals surface area contributed by atoms with Gasteiger partial charge in [0.15, 0.2) is 0 Å². The van der Waals surface area contributed by atoms with Gasteiger partial charge in [0.1, 0.15) is 6.33 Å². The number of carbonyl (C=O) groups is 2. The minimum atomic E-state index is -2.92. The summed E-state index contributed by atoms with van der Waals surface area (Å²) in [5, 5.41) is 3.32. The Morgan fingerprint density at radius 1 is 1.26 bits per heavy atom. The number of hydrogen-bond donors (Lipinski definition) is 2. The van der Waals surface area contributed by atoms with Crippen LogP contribution in [0.1, 0.15) is 53.6 Å². The van der Waals surface area contributed by atoms with E-state index in [1.807, 2.05) is 19.0 Å². The fourth-order valence-electron chi connectivity index (χ4n) is 4.40. The second kappa shape index (κ2) is 10.3. The van der Waals surface area contributed by atoms with E-state index in [4.69, 9.17) is 17.3 Å². The van der Waals surface area contributed by atoms with Crippen LogP contribution >= 0.6 is 11.6 Å². The minimum absolute atomic E-state index is 0.0784. The quantitative estimate of drug-likeness (QED) is 0.499. The molecule has 2 amide bonds. The third kappa shape index (κ3) is 5.88. The van der Waals surface area contributed by atoms with Gasteiger partial charge in [0.2, 0.25) is 11.8 Å². The first-order chi connectivity index (χ1) is 15.9. The van der Waals surface area contributed by atoms with E-state index in [9.17, 15) is 18.4 Å². The van der Waals surface area contributed by atoms with Crippen LogP contribution in [-0.2, 0) is 11.2 Å². The van der Waals surface area contributed by atoms with Crippen LogP contribution < -0.4 is 11.1 Å². The summed E-state index contributed by atoms with van der Waals surface area (Å²) in [7, 11) is 3.76. The number of likely N-dealkylation sites (N-methyl/N-ethyl adjacent to an activating group) is 1. The van der Waals surface area contributed by atoms with Crippen molar-refractivity contribution in [3.8, 4) is 0 Å². The van der Waals surface area contributed by atoms with Crippen LogP contribution in [0.25, 0.3) is 0 Å². The highest BCUT2D eigenvalue weighted by atomic mass is 35.5. The number of rotatable bonds is 11. The highest BCUT2D eigenvalue weighted by Gasteiger charge is 2.63. The molecule has 1 aromatic carbocycles. The van der Waals surface area contributed by atoms with Crippen molar-refractivity contribution in [2.24, 2.45) is 11.1 Å². The SMILES string of the molecule is CN(C)[C@H](CNC(=O)CC(c1cncnc1)C1(C(C)(F)F)CC1)Cc1ccc(C(N)=O)cc1Cl. The fraction of sp³-hybridized carbons (Fsp3) is 0.500. The van der Waals surface area contributed by atoms with E-state index in [-0.39, 0.29) is 18.4 Å². The lowest BCUT2D eigenvalue weighted by Gasteiger charge is -2.32. The molecule has 1 fully saturated rings. The number of carbonyl (C=O) groups excluding carboxylic acids is 2. The molecule has 0 aliphatic heterocycles. The molecule has 2 atom stereocenters. The third-order valence-corrected chi connectivity index (χ3v) is 7.11. The van der Waals surface area contributed by atoms with Crippen LogP contribution in [0.4, 0.5) is 8.78 Å². The van der Waals surface area contributed by atoms with Gasteiger partial charge >= 0.3 is 0 Å². The van der Waals surface area contributed by atoms with Gasteiger partial charge in [-0.2, -0.15) is 0 Å². The van der Waals surface area contributed by atoms with Crippen LogP contribution in [0.2, 0.25) is 5.02 Å². The Morgan fingerprint density at radius 3 is 2.41 bits per heavy atom. The number of nitrogens with one attached hydrogen (secondary N) is 1. The molecule has 3 rings (SSSR count). The zero-order valence-corrected chi connectivity index (χ0v) is 20.3. The number of nitrogens with two attached hydrogens (primary N) is 1. The van der Waals surface area contributed by atoms with Gasteiger partial charge in [-0.3, -0.25) is 9.59 Å². The first kappa shape index (κ1) is 26.0. The number of benzene rings is 1. The molecule has 3 N–H and O–H groups in total. The number of alkyl halides is 2. The summed E-state index contributed by atoms with van der Waals surface area (Å²) in [6.45, 7) is 1.22. The lowest BCUT2D eigenvalue weighted by molar-refractivity contribution is -0.123. The molecule has 1 saturated carbocycles. The average Bonchev–Trinajstić information content (AvgIpc) is 3.58. The van der Waals surface area contributed by atoms with E-state index in [1.165, 1.54) is 24.8 Å². The molecule has 7 nitrogen and oxygen atoms in total. The molecule has 34 heavy (non-hydrogen) atoms. The van der Waals surface area contributed by atoms with E-state index >= 15 is 0 Å². The standard InChI is InChI=1S/C24H30ClF2N5O2/c1-23(26,27)24(6-7-24)19(17-11-29-14-30-12-17)10-21(33)31-13-18(32(2)3)8-15-4-5-16(22(28)34)9-20(15)25/h4-5,9,11-12,14,18-19H,6-8,10,13H2,1-3H3,(H2,28,34)(H,31,33)/t18-,19?/m0/s1. The van der Waals surface area contributed by atoms with Crippen LogP contribution in [0.3, 0.4) is 0 Å². The van der Waals surface area contributed by atoms with Gasteiger partial charge < -0.3 is 16.0 Å². The third-order valence-electron chi connectivity index (χ3n) is 6.76. The maximum Gasteiger partial charge on any atom is 0.251 e. The van der Waals surface area contributed by atoms with Gasteiger partial charge in [-0.15, -0.1) is 0 Å². The average molecular weight is 494 g/mol. The van der Waals surface area contributed by atoms with Crippen molar-refractivity contribution in [3.63, 3.8) is 0 Å². The predicted octanol–water partition coefficient (Wildman–Crippen LogP) is 3.43. The summed E-state index contributed by atoms with van der Waals surface area (Å²) in [5.41, 5.74) is 5.71. The van der Waals surface area contributed by atoms with E-state index < -0.39 is 23.2 Å². The number of amides is 2. The summed E-state index contributed by atoms with van der Waals surface area (Å²) < 4.78 is 29.0. The Labute approximate surface area is 203 Å². The molecule has 10 heteroatoms. The van der Waals surface area contributed by atoms with Gasteiger partial charge in [-0.1, -0.05) is 17.7 Å². The molecule has 1 aromatic heterocycles. The normalized spacial score (nSPS) is 16.7. The zero-order chi connectivity index (χ0) is 25.1. The van der Waals surface area contributed by atoms with Gasteiger partial charge in [0, 0.05) is 53.3 Å². The van der Waals surface area contributed by atoms with E-state index in [0.29, 0.717) is 42.0 Å². The highest BCUT2D eigenvalue weighted by Crippen LogP contribution is 2.65. The first-order valence-corrected chi connectivity index (χ1v) is 11.5. The van der Waals surface area contributed by atoms with Crippen LogP contribution in [0.15, 0.2) is 36.9 Å². The Balaban J connectivity index is 1.69. The topological polar surface area (TPSA) is 101 Å². The minimum Gasteiger partial charge on any atom is -0.366 e. The van der Waals surface area contributed by atoms with E-state index in [2.05, 4.69) is 15.3 Å². The molecular formula is C24H30ClF2N5O2. The molecule has 1 heterocycles. The van der Waals surface area contributed by atoms with Crippen LogP contribution in [0.5, 0.6) is 0 Å². The van der Waals surface area contributed by atoms with Crippen LogP contribution in [-0.4, -0.2) is 59.3 Å². The number of aromatic nitrogens is 2. The fourth-order valence-corrected chi connectivity index (χ4v) is 4.66. The van der Waals surface area contributed by atoms with Gasteiger partial charge in [0.05, 0.1) is 0 Å². The molecule has 2 aromatic rings. The van der Waals surface area contributed by atoms with E-state index in [0.717, 1.165) is 12.5 Å². The maximum atomic E-state index is 14.5. The number of hydrogen-bond acceptors (Lipinski definition) is 5. The summed E-state index contributed by atoms with van der Waals surface area (Å²) >= 11 is 6.32. The monoisotopic (exact) mass is 493 g/mol. The molecular weight excluding hydrogens is 464 g/mol. The van der Waals surface area contributed by atoms with Crippen molar-refractivity contribution >= 4 is 23.4 Å². The van der Waals surface area contributed by atoms with Crippen molar-refractivity contribution in [2.45, 2.75) is 50.5 Å². The van der Waals surface area contributed by atoms with Gasteiger partial charge in [-0.25, -0.2) is 18.7 Å². The summed E-state index contributed by atoms with van der Waals surface area (Å²) in [4.78, 5) is 34.1. The zero-order valence-electron chi connectivity index (χ0n) is 19.5. The van der Waals surface area contributed by atoms with Gasteiger partial charge in [0.25, 0.3) is 5.92 Å². The molecule has 0 saturated heterocycles. The van der Waals surface area contributed by atoms with Crippen molar-refractivity contribution in [1.82, 2.24) is 20.2 Å². The predicted molar refractivity (Wildman–Crippen MR) is 126 cm³/mol. The molecule has 0 bridgehead atoms. The maximum absolute atomic E-state index is 14.5. The smallest absolute Gasteiger partial charge is 0.251 e. The Kier molecular flexibility index (Phi) is 7.88. The van der Waals surface area contributed by atoms with Crippen molar-refractivity contribution < 1.29 is 18.4 Å². The second-order valence-electron chi connectivity index (χ2n) is 9.27. The summed E-state index contributed by atoms with van der Waals surface area (Å²) in [6, 6.07) is 4.77. The summed E-state index contributed by atoms with van der Waals surface area (Å²) in [5.74, 6) is -4.48. The Hall–Kier alpha value is -2.65. The molecule has 0 radical (unpaired) electrons. The van der Waals surface area contributed by atoms with Gasteiger partial charge in [-0.05, 0) is 63.5 Å². The summed E-state index contributed by atoms with van der Waals surface area (Å²) in [6.07, 6.45) is 5.50. The molecule has 1 aliphatic carbocycles. The Bertz CT molecular complexity index is 1030. The number of primary amides is 1. The highest BCUT2D eigenvalue weighted by molar-refractivity contribution is 6.31. The molecule has 0 spiro atoms. The van der Waals surface area contributed by atoms with Crippen molar-refractivity contribution in [1.29, 1.82) is 0 Å². The van der Waals surface area contributed by atoms with Crippen molar-refractivity contribution in [3.05, 3.63) is 58.6 Å².